The molecule has 1 fully saturated rings. The number of carbonyl (C=O) groups is 2. The lowest BCUT2D eigenvalue weighted by Crippen LogP contribution is -2.51. The van der Waals surface area contributed by atoms with Gasteiger partial charge in [-0.3, -0.25) is 9.59 Å². The van der Waals surface area contributed by atoms with Gasteiger partial charge in [-0.05, 0) is 48.4 Å². The van der Waals surface area contributed by atoms with E-state index in [0.717, 1.165) is 0 Å². The zero-order chi connectivity index (χ0) is 22.5. The Hall–Kier alpha value is -2.15. The van der Waals surface area contributed by atoms with Crippen LogP contribution in [0.5, 0.6) is 0 Å². The number of benzene rings is 2. The van der Waals surface area contributed by atoms with Crippen molar-refractivity contribution in [2.45, 2.75) is 20.0 Å². The van der Waals surface area contributed by atoms with Gasteiger partial charge in [0.25, 0.3) is 11.8 Å². The first-order valence-corrected chi connectivity index (χ1v) is 10.9. The van der Waals surface area contributed by atoms with Crippen LogP contribution in [-0.4, -0.2) is 60.5 Å². The molecule has 5 nitrogen and oxygen atoms in total. The van der Waals surface area contributed by atoms with E-state index in [9.17, 15) is 14.0 Å². The summed E-state index contributed by atoms with van der Waals surface area (Å²) in [6.07, 6.45) is -0.330. The Bertz CT molecular complexity index is 937. The van der Waals surface area contributed by atoms with Gasteiger partial charge in [-0.25, -0.2) is 4.39 Å². The van der Waals surface area contributed by atoms with Gasteiger partial charge in [-0.15, -0.1) is 0 Å². The van der Waals surface area contributed by atoms with Crippen LogP contribution >= 0.6 is 23.2 Å². The fourth-order valence-corrected chi connectivity index (χ4v) is 3.83. The second kappa shape index (κ2) is 10.4. The van der Waals surface area contributed by atoms with Crippen molar-refractivity contribution < 1.29 is 18.7 Å². The summed E-state index contributed by atoms with van der Waals surface area (Å²) in [5, 5.41) is 0.715. The highest BCUT2D eigenvalue weighted by Crippen LogP contribution is 2.24. The predicted octanol–water partition coefficient (Wildman–Crippen LogP) is 4.77. The molecule has 166 valence electrons. The van der Waals surface area contributed by atoms with Crippen molar-refractivity contribution >= 4 is 35.0 Å². The van der Waals surface area contributed by atoms with Crippen molar-refractivity contribution in [1.82, 2.24) is 9.80 Å². The van der Waals surface area contributed by atoms with Crippen molar-refractivity contribution in [2.75, 3.05) is 32.8 Å². The molecule has 2 aromatic rings. The summed E-state index contributed by atoms with van der Waals surface area (Å²) >= 11 is 12.0. The molecule has 8 heteroatoms. The molecule has 0 N–H and O–H groups in total. The van der Waals surface area contributed by atoms with E-state index >= 15 is 0 Å². The highest BCUT2D eigenvalue weighted by atomic mass is 35.5. The van der Waals surface area contributed by atoms with Crippen LogP contribution in [0.2, 0.25) is 10.0 Å². The summed E-state index contributed by atoms with van der Waals surface area (Å²) in [7, 11) is 0. The van der Waals surface area contributed by atoms with Crippen LogP contribution in [0.4, 0.5) is 4.39 Å². The summed E-state index contributed by atoms with van der Waals surface area (Å²) in [6, 6.07) is 10.3. The molecule has 1 unspecified atom stereocenters. The smallest absolute Gasteiger partial charge is 0.254 e. The molecular formula is C23H25Cl2FN2O3. The minimum atomic E-state index is -0.390. The Kier molecular flexibility index (Phi) is 7.92. The molecular weight excluding hydrogens is 442 g/mol. The maximum atomic E-state index is 13.2. The van der Waals surface area contributed by atoms with Crippen LogP contribution in [-0.2, 0) is 4.74 Å². The molecule has 31 heavy (non-hydrogen) atoms. The third-order valence-corrected chi connectivity index (χ3v) is 5.72. The summed E-state index contributed by atoms with van der Waals surface area (Å²) in [5.74, 6) is -0.502. The lowest BCUT2D eigenvalue weighted by molar-refractivity contribution is -0.0340. The van der Waals surface area contributed by atoms with Crippen molar-refractivity contribution in [3.63, 3.8) is 0 Å². The molecule has 2 amide bonds. The number of carbonyl (C=O) groups excluding carboxylic acids is 2. The molecule has 2 aromatic carbocycles. The van der Waals surface area contributed by atoms with E-state index in [2.05, 4.69) is 0 Å². The van der Waals surface area contributed by atoms with E-state index in [1.165, 1.54) is 24.3 Å². The molecule has 0 radical (unpaired) electrons. The van der Waals surface area contributed by atoms with Crippen LogP contribution < -0.4 is 0 Å². The van der Waals surface area contributed by atoms with Crippen molar-refractivity contribution in [3.8, 4) is 0 Å². The highest BCUT2D eigenvalue weighted by Gasteiger charge is 2.29. The van der Waals surface area contributed by atoms with Gasteiger partial charge in [0, 0.05) is 37.3 Å². The second-order valence-electron chi connectivity index (χ2n) is 7.98. The van der Waals surface area contributed by atoms with E-state index < -0.39 is 0 Å². The first kappa shape index (κ1) is 23.5. The summed E-state index contributed by atoms with van der Waals surface area (Å²) in [4.78, 5) is 29.3. The Morgan fingerprint density at radius 3 is 2.45 bits per heavy atom. The number of morpholine rings is 1. The number of hydrogen-bond donors (Lipinski definition) is 0. The lowest BCUT2D eigenvalue weighted by Gasteiger charge is -2.36. The van der Waals surface area contributed by atoms with E-state index in [4.69, 9.17) is 27.9 Å². The zero-order valence-corrected chi connectivity index (χ0v) is 19.0. The number of amides is 2. The summed E-state index contributed by atoms with van der Waals surface area (Å²) in [6.45, 7) is 6.07. The summed E-state index contributed by atoms with van der Waals surface area (Å²) < 4.78 is 19.1. The molecule has 0 aromatic heterocycles. The van der Waals surface area contributed by atoms with E-state index in [1.807, 2.05) is 13.8 Å². The standard InChI is InChI=1S/C23H25Cl2FN2O3/c1-15(2)12-28(22(29)16-3-6-18(26)7-4-16)14-19-13-27(9-10-31-19)23(30)17-5-8-20(24)21(25)11-17/h3-8,11,15,19H,9-10,12-14H2,1-2H3. The molecule has 3 rings (SSSR count). The Morgan fingerprint density at radius 1 is 1.13 bits per heavy atom. The second-order valence-corrected chi connectivity index (χ2v) is 8.80. The molecule has 1 atom stereocenters. The molecule has 0 bridgehead atoms. The molecule has 0 aliphatic carbocycles. The maximum absolute atomic E-state index is 13.2. The number of halogens is 3. The van der Waals surface area contributed by atoms with Gasteiger partial charge in [0.1, 0.15) is 5.82 Å². The topological polar surface area (TPSA) is 49.9 Å². The van der Waals surface area contributed by atoms with E-state index in [0.29, 0.717) is 54.0 Å². The maximum Gasteiger partial charge on any atom is 0.254 e. The average Bonchev–Trinajstić information content (AvgIpc) is 2.74. The van der Waals surface area contributed by atoms with Crippen LogP contribution in [0, 0.1) is 11.7 Å². The van der Waals surface area contributed by atoms with Gasteiger partial charge < -0.3 is 14.5 Å². The van der Waals surface area contributed by atoms with Gasteiger partial charge in [0.15, 0.2) is 0 Å². The van der Waals surface area contributed by atoms with Crippen molar-refractivity contribution in [1.29, 1.82) is 0 Å². The van der Waals surface area contributed by atoms with Gasteiger partial charge in [-0.1, -0.05) is 37.0 Å². The minimum Gasteiger partial charge on any atom is -0.373 e. The largest absolute Gasteiger partial charge is 0.373 e. The molecule has 1 heterocycles. The van der Waals surface area contributed by atoms with Gasteiger partial charge in [0.2, 0.25) is 0 Å². The van der Waals surface area contributed by atoms with Crippen LogP contribution in [0.15, 0.2) is 42.5 Å². The van der Waals surface area contributed by atoms with Crippen LogP contribution in [0.1, 0.15) is 34.6 Å². The summed E-state index contributed by atoms with van der Waals surface area (Å²) in [5.41, 5.74) is 0.873. The quantitative estimate of drug-likeness (QED) is 0.615. The minimum absolute atomic E-state index is 0.160. The third-order valence-electron chi connectivity index (χ3n) is 4.98. The number of nitrogens with zero attached hydrogens (tertiary/aromatic N) is 2. The van der Waals surface area contributed by atoms with Gasteiger partial charge in [0.05, 0.1) is 22.8 Å². The monoisotopic (exact) mass is 466 g/mol. The molecule has 1 aliphatic heterocycles. The number of rotatable bonds is 6. The molecule has 1 saturated heterocycles. The van der Waals surface area contributed by atoms with Gasteiger partial charge in [-0.2, -0.15) is 0 Å². The first-order valence-electron chi connectivity index (χ1n) is 10.2. The molecule has 1 aliphatic rings. The fraction of sp³-hybridized carbons (Fsp3) is 0.391. The third kappa shape index (κ3) is 6.19. The predicted molar refractivity (Wildman–Crippen MR) is 119 cm³/mol. The Balaban J connectivity index is 1.70. The number of ether oxygens (including phenoxy) is 1. The normalized spacial score (nSPS) is 16.5. The Morgan fingerprint density at radius 2 is 1.81 bits per heavy atom. The fourth-order valence-electron chi connectivity index (χ4n) is 3.53. The van der Waals surface area contributed by atoms with Crippen LogP contribution in [0.25, 0.3) is 0 Å². The number of hydrogen-bond acceptors (Lipinski definition) is 3. The first-order chi connectivity index (χ1) is 14.7. The van der Waals surface area contributed by atoms with Crippen molar-refractivity contribution in [2.24, 2.45) is 5.92 Å². The molecule has 0 saturated carbocycles. The SMILES string of the molecule is CC(C)CN(CC1CN(C(=O)c2ccc(Cl)c(Cl)c2)CCO1)C(=O)c1ccc(F)cc1. The highest BCUT2D eigenvalue weighted by molar-refractivity contribution is 6.42. The van der Waals surface area contributed by atoms with Crippen molar-refractivity contribution in [3.05, 3.63) is 69.5 Å². The lowest BCUT2D eigenvalue weighted by atomic mass is 10.1. The molecule has 0 spiro atoms. The zero-order valence-electron chi connectivity index (χ0n) is 17.5. The average molecular weight is 467 g/mol. The van der Waals surface area contributed by atoms with E-state index in [1.54, 1.807) is 28.0 Å². The van der Waals surface area contributed by atoms with E-state index in [-0.39, 0.29) is 29.7 Å². The van der Waals surface area contributed by atoms with Crippen LogP contribution in [0.3, 0.4) is 0 Å². The van der Waals surface area contributed by atoms with Gasteiger partial charge >= 0.3 is 0 Å². The Labute approximate surface area is 191 Å².